The molecule has 2 heterocycles. The topological polar surface area (TPSA) is 32.5 Å². The predicted octanol–water partition coefficient (Wildman–Crippen LogP) is 2.71. The van der Waals surface area contributed by atoms with E-state index in [4.69, 9.17) is 5.73 Å². The number of anilines is 2. The van der Waals surface area contributed by atoms with Gasteiger partial charge in [0.2, 0.25) is 0 Å². The van der Waals surface area contributed by atoms with E-state index in [2.05, 4.69) is 31.8 Å². The highest BCUT2D eigenvalue weighted by Gasteiger charge is 2.29. The molecule has 0 aliphatic carbocycles. The lowest BCUT2D eigenvalue weighted by atomic mass is 9.99. The Hall–Kier alpha value is -0.740. The summed E-state index contributed by atoms with van der Waals surface area (Å²) in [5.41, 5.74) is 7.91. The molecule has 4 heteroatoms. The fourth-order valence-electron chi connectivity index (χ4n) is 3.15. The Bertz CT molecular complexity index is 435. The Labute approximate surface area is 117 Å². The van der Waals surface area contributed by atoms with E-state index in [-0.39, 0.29) is 0 Å². The first-order chi connectivity index (χ1) is 8.74. The Balaban J connectivity index is 1.77. The molecule has 18 heavy (non-hydrogen) atoms. The summed E-state index contributed by atoms with van der Waals surface area (Å²) in [5.74, 6) is 0. The van der Waals surface area contributed by atoms with Crippen LogP contribution in [0.25, 0.3) is 0 Å². The zero-order chi connectivity index (χ0) is 12.5. The molecule has 1 aromatic carbocycles. The number of rotatable bonds is 1. The summed E-state index contributed by atoms with van der Waals surface area (Å²) in [7, 11) is 0. The number of hydrogen-bond donors (Lipinski definition) is 1. The first-order valence-corrected chi connectivity index (χ1v) is 7.57. The average molecular weight is 310 g/mol. The molecule has 0 spiro atoms. The van der Waals surface area contributed by atoms with E-state index in [9.17, 15) is 0 Å². The summed E-state index contributed by atoms with van der Waals surface area (Å²) in [4.78, 5) is 5.15. The Morgan fingerprint density at radius 3 is 2.89 bits per heavy atom. The van der Waals surface area contributed by atoms with E-state index in [0.29, 0.717) is 0 Å². The summed E-state index contributed by atoms with van der Waals surface area (Å²) >= 11 is 3.64. The molecule has 2 aliphatic rings. The molecule has 98 valence electrons. The number of nitrogen functional groups attached to an aromatic ring is 1. The molecule has 2 aliphatic heterocycles. The van der Waals surface area contributed by atoms with E-state index in [1.807, 2.05) is 12.1 Å². The lowest BCUT2D eigenvalue weighted by Gasteiger charge is -2.45. The van der Waals surface area contributed by atoms with Crippen LogP contribution in [0.1, 0.15) is 19.3 Å². The Kier molecular flexibility index (Phi) is 3.48. The van der Waals surface area contributed by atoms with Crippen molar-refractivity contribution in [3.8, 4) is 0 Å². The van der Waals surface area contributed by atoms with Gasteiger partial charge in [0, 0.05) is 35.8 Å². The van der Waals surface area contributed by atoms with Gasteiger partial charge in [-0.05, 0) is 53.5 Å². The van der Waals surface area contributed by atoms with Gasteiger partial charge in [-0.25, -0.2) is 0 Å². The van der Waals surface area contributed by atoms with Crippen molar-refractivity contribution in [2.24, 2.45) is 0 Å². The van der Waals surface area contributed by atoms with E-state index in [0.717, 1.165) is 29.3 Å². The molecule has 3 nitrogen and oxygen atoms in total. The second-order valence-electron chi connectivity index (χ2n) is 5.34. The predicted molar refractivity (Wildman–Crippen MR) is 80.0 cm³/mol. The molecule has 3 rings (SSSR count). The second-order valence-corrected chi connectivity index (χ2v) is 6.20. The van der Waals surface area contributed by atoms with Crippen LogP contribution in [-0.4, -0.2) is 37.1 Å². The van der Waals surface area contributed by atoms with Crippen molar-refractivity contribution in [2.75, 3.05) is 36.8 Å². The number of fused-ring (bicyclic) bond motifs is 1. The van der Waals surface area contributed by atoms with Gasteiger partial charge in [-0.1, -0.05) is 6.42 Å². The molecular weight excluding hydrogens is 290 g/mol. The van der Waals surface area contributed by atoms with Crippen molar-refractivity contribution in [3.05, 3.63) is 22.7 Å². The van der Waals surface area contributed by atoms with Crippen LogP contribution in [0.3, 0.4) is 0 Å². The molecule has 0 bridgehead atoms. The van der Waals surface area contributed by atoms with Crippen LogP contribution < -0.4 is 10.6 Å². The maximum atomic E-state index is 5.81. The van der Waals surface area contributed by atoms with Gasteiger partial charge in [0.15, 0.2) is 0 Å². The minimum absolute atomic E-state index is 0.747. The molecule has 0 radical (unpaired) electrons. The van der Waals surface area contributed by atoms with Gasteiger partial charge in [-0.2, -0.15) is 0 Å². The first-order valence-electron chi connectivity index (χ1n) is 6.78. The zero-order valence-corrected chi connectivity index (χ0v) is 12.2. The number of benzene rings is 1. The van der Waals surface area contributed by atoms with Gasteiger partial charge >= 0.3 is 0 Å². The van der Waals surface area contributed by atoms with Crippen LogP contribution >= 0.6 is 15.9 Å². The van der Waals surface area contributed by atoms with Crippen molar-refractivity contribution in [3.63, 3.8) is 0 Å². The maximum absolute atomic E-state index is 5.81. The molecule has 1 atom stereocenters. The van der Waals surface area contributed by atoms with Gasteiger partial charge in [0.25, 0.3) is 0 Å². The number of hydrogen-bond acceptors (Lipinski definition) is 3. The highest BCUT2D eigenvalue weighted by atomic mass is 79.9. The van der Waals surface area contributed by atoms with Crippen LogP contribution in [0.4, 0.5) is 11.4 Å². The summed E-state index contributed by atoms with van der Waals surface area (Å²) < 4.78 is 1.12. The highest BCUT2D eigenvalue weighted by Crippen LogP contribution is 2.31. The van der Waals surface area contributed by atoms with Gasteiger partial charge < -0.3 is 10.6 Å². The van der Waals surface area contributed by atoms with Crippen LogP contribution in [0.15, 0.2) is 22.7 Å². The number of halogens is 1. The summed E-state index contributed by atoms with van der Waals surface area (Å²) in [6.45, 7) is 4.77. The SMILES string of the molecule is Nc1ccc(N2CCN3CCCCC3C2)c(Br)c1. The van der Waals surface area contributed by atoms with E-state index in [1.165, 1.54) is 38.0 Å². The fourth-order valence-corrected chi connectivity index (χ4v) is 3.80. The number of piperazine rings is 1. The van der Waals surface area contributed by atoms with Gasteiger partial charge in [0.1, 0.15) is 0 Å². The summed E-state index contributed by atoms with van der Waals surface area (Å²) in [6, 6.07) is 6.88. The third-order valence-electron chi connectivity index (χ3n) is 4.15. The van der Waals surface area contributed by atoms with Crippen LogP contribution in [0.5, 0.6) is 0 Å². The normalized spacial score (nSPS) is 24.9. The van der Waals surface area contributed by atoms with Gasteiger partial charge in [-0.15, -0.1) is 0 Å². The lowest BCUT2D eigenvalue weighted by molar-refractivity contribution is 0.133. The number of nitrogens with two attached hydrogens (primary N) is 1. The van der Waals surface area contributed by atoms with Crippen molar-refractivity contribution in [2.45, 2.75) is 25.3 Å². The standard InChI is InChI=1S/C14H20BrN3/c15-13-9-11(16)4-5-14(13)18-8-7-17-6-2-1-3-12(17)10-18/h4-5,9,12H,1-3,6-8,10,16H2. The molecule has 2 saturated heterocycles. The lowest BCUT2D eigenvalue weighted by Crippen LogP contribution is -2.55. The van der Waals surface area contributed by atoms with Crippen LogP contribution in [0, 0.1) is 0 Å². The van der Waals surface area contributed by atoms with E-state index >= 15 is 0 Å². The van der Waals surface area contributed by atoms with Crippen LogP contribution in [-0.2, 0) is 0 Å². The Morgan fingerprint density at radius 2 is 2.06 bits per heavy atom. The fraction of sp³-hybridized carbons (Fsp3) is 0.571. The molecule has 0 amide bonds. The average Bonchev–Trinajstić information content (AvgIpc) is 2.38. The second kappa shape index (κ2) is 5.10. The molecule has 2 fully saturated rings. The summed E-state index contributed by atoms with van der Waals surface area (Å²) in [5, 5.41) is 0. The maximum Gasteiger partial charge on any atom is 0.0513 e. The van der Waals surface area contributed by atoms with Gasteiger partial charge in [0.05, 0.1) is 5.69 Å². The monoisotopic (exact) mass is 309 g/mol. The van der Waals surface area contributed by atoms with Crippen molar-refractivity contribution >= 4 is 27.3 Å². The molecule has 0 aromatic heterocycles. The number of nitrogens with zero attached hydrogens (tertiary/aromatic N) is 2. The minimum atomic E-state index is 0.747. The van der Waals surface area contributed by atoms with Crippen LogP contribution in [0.2, 0.25) is 0 Å². The Morgan fingerprint density at radius 1 is 1.17 bits per heavy atom. The largest absolute Gasteiger partial charge is 0.399 e. The number of piperidine rings is 1. The smallest absolute Gasteiger partial charge is 0.0513 e. The first kappa shape index (κ1) is 12.3. The third kappa shape index (κ3) is 2.36. The molecule has 1 aromatic rings. The van der Waals surface area contributed by atoms with E-state index < -0.39 is 0 Å². The van der Waals surface area contributed by atoms with Crippen molar-refractivity contribution < 1.29 is 0 Å². The molecule has 1 unspecified atom stereocenters. The summed E-state index contributed by atoms with van der Waals surface area (Å²) in [6.07, 6.45) is 4.11. The zero-order valence-electron chi connectivity index (χ0n) is 10.6. The third-order valence-corrected chi connectivity index (χ3v) is 4.78. The quantitative estimate of drug-likeness (QED) is 0.810. The highest BCUT2D eigenvalue weighted by molar-refractivity contribution is 9.10. The van der Waals surface area contributed by atoms with Crippen molar-refractivity contribution in [1.29, 1.82) is 0 Å². The minimum Gasteiger partial charge on any atom is -0.399 e. The molecule has 2 N–H and O–H groups in total. The van der Waals surface area contributed by atoms with Gasteiger partial charge in [-0.3, -0.25) is 4.90 Å². The molecular formula is C14H20BrN3. The van der Waals surface area contributed by atoms with E-state index in [1.54, 1.807) is 0 Å². The molecule has 0 saturated carbocycles. The van der Waals surface area contributed by atoms with Crippen molar-refractivity contribution in [1.82, 2.24) is 4.90 Å².